The molecule has 2 heterocycles. The van der Waals surface area contributed by atoms with Gasteiger partial charge in [0.1, 0.15) is 6.04 Å². The molecule has 3 amide bonds. The Morgan fingerprint density at radius 2 is 1.79 bits per heavy atom. The van der Waals surface area contributed by atoms with E-state index in [4.69, 9.17) is 0 Å². The quantitative estimate of drug-likeness (QED) is 0.662. The minimum Gasteiger partial charge on any atom is -0.480 e. The van der Waals surface area contributed by atoms with E-state index in [1.54, 1.807) is 24.5 Å². The van der Waals surface area contributed by atoms with Gasteiger partial charge in [0.05, 0.1) is 17.7 Å². The molecule has 0 bridgehead atoms. The summed E-state index contributed by atoms with van der Waals surface area (Å²) in [7, 11) is 0. The van der Waals surface area contributed by atoms with Crippen molar-refractivity contribution in [2.24, 2.45) is 0 Å². The molecule has 0 fully saturated rings. The maximum atomic E-state index is 12.7. The Balaban J connectivity index is 1.78. The molecule has 1 aliphatic heterocycles. The van der Waals surface area contributed by atoms with Crippen LogP contribution in [-0.4, -0.2) is 44.7 Å². The molecule has 8 nitrogen and oxygen atoms in total. The molecule has 0 unspecified atom stereocenters. The molecule has 150 valence electrons. The van der Waals surface area contributed by atoms with Crippen LogP contribution in [0.2, 0.25) is 0 Å². The van der Waals surface area contributed by atoms with Gasteiger partial charge in [0.15, 0.2) is 0 Å². The lowest BCUT2D eigenvalue weighted by Crippen LogP contribution is -2.40. The van der Waals surface area contributed by atoms with Gasteiger partial charge < -0.3 is 10.4 Å². The van der Waals surface area contributed by atoms with Crippen LogP contribution in [0.25, 0.3) is 0 Å². The molecule has 8 heteroatoms. The number of hydrogen-bond acceptors (Lipinski definition) is 5. The van der Waals surface area contributed by atoms with E-state index >= 15 is 0 Å². The van der Waals surface area contributed by atoms with E-state index in [1.807, 2.05) is 6.92 Å². The van der Waals surface area contributed by atoms with Crippen molar-refractivity contribution in [3.63, 3.8) is 0 Å². The standard InChI is InChI=1S/C21H21N3O5/c1-2-3-4-17(21(28)29)23-18(25)14-5-6-15-16(11-14)20(27)24(19(15)26)12-13-7-9-22-10-8-13/h5-11,17H,2-4,12H2,1H3,(H,23,25)(H,28,29)/t17-/m0/s1. The first-order valence-electron chi connectivity index (χ1n) is 9.35. The number of fused-ring (bicyclic) bond motifs is 1. The van der Waals surface area contributed by atoms with Crippen LogP contribution in [0.4, 0.5) is 0 Å². The third-order valence-electron chi connectivity index (χ3n) is 4.77. The zero-order chi connectivity index (χ0) is 21.0. The van der Waals surface area contributed by atoms with E-state index in [1.165, 1.54) is 18.2 Å². The normalized spacial score (nSPS) is 13.9. The lowest BCUT2D eigenvalue weighted by atomic mass is 10.0. The molecule has 0 saturated carbocycles. The average Bonchev–Trinajstić information content (AvgIpc) is 2.96. The highest BCUT2D eigenvalue weighted by Crippen LogP contribution is 2.25. The highest BCUT2D eigenvalue weighted by atomic mass is 16.4. The zero-order valence-electron chi connectivity index (χ0n) is 15.9. The number of unbranched alkanes of at least 4 members (excludes halogenated alkanes) is 1. The molecule has 3 rings (SSSR count). The predicted molar refractivity (Wildman–Crippen MR) is 103 cm³/mol. The fraction of sp³-hybridized carbons (Fsp3) is 0.286. The van der Waals surface area contributed by atoms with Crippen molar-refractivity contribution in [1.82, 2.24) is 15.2 Å². The van der Waals surface area contributed by atoms with E-state index in [2.05, 4.69) is 10.3 Å². The lowest BCUT2D eigenvalue weighted by Gasteiger charge is -2.14. The molecule has 1 aliphatic rings. The number of imide groups is 1. The molecule has 1 atom stereocenters. The Labute approximate surface area is 167 Å². The van der Waals surface area contributed by atoms with Crippen molar-refractivity contribution < 1.29 is 24.3 Å². The van der Waals surface area contributed by atoms with Crippen LogP contribution in [0.1, 0.15) is 62.8 Å². The van der Waals surface area contributed by atoms with Gasteiger partial charge in [0.25, 0.3) is 17.7 Å². The molecule has 0 spiro atoms. The molecule has 2 aromatic rings. The number of amides is 3. The number of nitrogens with zero attached hydrogens (tertiary/aromatic N) is 2. The summed E-state index contributed by atoms with van der Waals surface area (Å²) in [5.74, 6) is -2.62. The van der Waals surface area contributed by atoms with Crippen molar-refractivity contribution in [3.05, 3.63) is 65.0 Å². The third-order valence-corrected chi connectivity index (χ3v) is 4.77. The molecule has 1 aromatic heterocycles. The van der Waals surface area contributed by atoms with E-state index in [0.717, 1.165) is 16.9 Å². The zero-order valence-corrected chi connectivity index (χ0v) is 15.9. The third kappa shape index (κ3) is 4.31. The first kappa shape index (κ1) is 20.2. The van der Waals surface area contributed by atoms with Gasteiger partial charge in [-0.15, -0.1) is 0 Å². The molecule has 29 heavy (non-hydrogen) atoms. The summed E-state index contributed by atoms with van der Waals surface area (Å²) >= 11 is 0. The minimum absolute atomic E-state index is 0.106. The van der Waals surface area contributed by atoms with E-state index in [-0.39, 0.29) is 23.2 Å². The van der Waals surface area contributed by atoms with Gasteiger partial charge in [0, 0.05) is 18.0 Å². The molecule has 2 N–H and O–H groups in total. The summed E-state index contributed by atoms with van der Waals surface area (Å²) in [4.78, 5) is 54.2. The Kier molecular flexibility index (Phi) is 6.01. The molecule has 0 aliphatic carbocycles. The van der Waals surface area contributed by atoms with E-state index < -0.39 is 29.7 Å². The molecule has 0 saturated heterocycles. The maximum absolute atomic E-state index is 12.7. The van der Waals surface area contributed by atoms with Crippen molar-refractivity contribution in [3.8, 4) is 0 Å². The fourth-order valence-electron chi connectivity index (χ4n) is 3.15. The van der Waals surface area contributed by atoms with Gasteiger partial charge in [0.2, 0.25) is 0 Å². The molecular weight excluding hydrogens is 374 g/mol. The smallest absolute Gasteiger partial charge is 0.326 e. The van der Waals surface area contributed by atoms with Crippen LogP contribution >= 0.6 is 0 Å². The van der Waals surface area contributed by atoms with Crippen LogP contribution in [0.3, 0.4) is 0 Å². The van der Waals surface area contributed by atoms with Crippen LogP contribution in [0.15, 0.2) is 42.7 Å². The largest absolute Gasteiger partial charge is 0.480 e. The van der Waals surface area contributed by atoms with Crippen molar-refractivity contribution >= 4 is 23.7 Å². The number of pyridine rings is 1. The highest BCUT2D eigenvalue weighted by molar-refractivity contribution is 6.22. The van der Waals surface area contributed by atoms with E-state index in [0.29, 0.717) is 12.8 Å². The second-order valence-corrected chi connectivity index (χ2v) is 6.82. The molecule has 0 radical (unpaired) electrons. The number of rotatable bonds is 8. The Bertz CT molecular complexity index is 958. The van der Waals surface area contributed by atoms with Crippen LogP contribution in [0.5, 0.6) is 0 Å². The maximum Gasteiger partial charge on any atom is 0.326 e. The Morgan fingerprint density at radius 3 is 2.45 bits per heavy atom. The van der Waals surface area contributed by atoms with Gasteiger partial charge in [-0.05, 0) is 42.3 Å². The van der Waals surface area contributed by atoms with Gasteiger partial charge >= 0.3 is 5.97 Å². The second kappa shape index (κ2) is 8.64. The summed E-state index contributed by atoms with van der Waals surface area (Å²) in [6.45, 7) is 2.04. The summed E-state index contributed by atoms with van der Waals surface area (Å²) < 4.78 is 0. The van der Waals surface area contributed by atoms with Crippen LogP contribution in [0, 0.1) is 0 Å². The van der Waals surface area contributed by atoms with Gasteiger partial charge in [-0.1, -0.05) is 19.8 Å². The number of carbonyl (C=O) groups is 4. The van der Waals surface area contributed by atoms with Crippen molar-refractivity contribution in [1.29, 1.82) is 0 Å². The van der Waals surface area contributed by atoms with Crippen LogP contribution < -0.4 is 5.32 Å². The van der Waals surface area contributed by atoms with Crippen molar-refractivity contribution in [2.75, 3.05) is 0 Å². The number of nitrogens with one attached hydrogen (secondary N) is 1. The first-order chi connectivity index (χ1) is 13.9. The molecule has 1 aromatic carbocycles. The lowest BCUT2D eigenvalue weighted by molar-refractivity contribution is -0.139. The number of aliphatic carboxylic acids is 1. The van der Waals surface area contributed by atoms with Crippen LogP contribution in [-0.2, 0) is 11.3 Å². The monoisotopic (exact) mass is 395 g/mol. The fourth-order valence-corrected chi connectivity index (χ4v) is 3.15. The minimum atomic E-state index is -1.11. The van der Waals surface area contributed by atoms with Crippen molar-refractivity contribution in [2.45, 2.75) is 38.8 Å². The Morgan fingerprint density at radius 1 is 1.10 bits per heavy atom. The summed E-state index contributed by atoms with van der Waals surface area (Å²) in [6.07, 6.45) is 4.95. The number of carboxylic acids is 1. The highest BCUT2D eigenvalue weighted by Gasteiger charge is 2.36. The molecular formula is C21H21N3O5. The summed E-state index contributed by atoms with van der Waals surface area (Å²) in [5, 5.41) is 11.8. The number of carboxylic acid groups (broad SMARTS) is 1. The summed E-state index contributed by atoms with van der Waals surface area (Å²) in [5.41, 5.74) is 1.25. The number of aromatic nitrogens is 1. The topological polar surface area (TPSA) is 117 Å². The SMILES string of the molecule is CCCC[C@H](NC(=O)c1ccc2c(c1)C(=O)N(Cc1ccncc1)C2=O)C(=O)O. The van der Waals surface area contributed by atoms with Gasteiger partial charge in [-0.25, -0.2) is 4.79 Å². The second-order valence-electron chi connectivity index (χ2n) is 6.82. The van der Waals surface area contributed by atoms with Gasteiger partial charge in [-0.3, -0.25) is 24.3 Å². The predicted octanol–water partition coefficient (Wildman–Crippen LogP) is 2.25. The summed E-state index contributed by atoms with van der Waals surface area (Å²) in [6, 6.07) is 6.62. The number of carbonyl (C=O) groups excluding carboxylic acids is 3. The first-order valence-corrected chi connectivity index (χ1v) is 9.35. The van der Waals surface area contributed by atoms with Gasteiger partial charge in [-0.2, -0.15) is 0 Å². The van der Waals surface area contributed by atoms with E-state index in [9.17, 15) is 24.3 Å². The average molecular weight is 395 g/mol. The number of benzene rings is 1. The Hall–Kier alpha value is -3.55. The number of hydrogen-bond donors (Lipinski definition) is 2.